The molecule has 0 unspecified atom stereocenters. The third-order valence-corrected chi connectivity index (χ3v) is 5.48. The van der Waals surface area contributed by atoms with Gasteiger partial charge in [0.05, 0.1) is 23.1 Å². The number of benzene rings is 2. The molecule has 0 N–H and O–H groups in total. The van der Waals surface area contributed by atoms with Crippen molar-refractivity contribution in [3.8, 4) is 5.75 Å². The van der Waals surface area contributed by atoms with Crippen molar-refractivity contribution in [2.45, 2.75) is 25.7 Å². The van der Waals surface area contributed by atoms with Gasteiger partial charge in [0.25, 0.3) is 0 Å². The Bertz CT molecular complexity index is 867. The molecule has 2 aromatic carbocycles. The number of esters is 1. The second-order valence-electron chi connectivity index (χ2n) is 6.90. The molecule has 27 heavy (non-hydrogen) atoms. The molecule has 0 radical (unpaired) electrons. The fraction of sp³-hybridized carbons (Fsp3) is 0.286. The fourth-order valence-electron chi connectivity index (χ4n) is 3.83. The second-order valence-corrected chi connectivity index (χ2v) is 7.34. The van der Waals surface area contributed by atoms with E-state index in [1.807, 2.05) is 0 Å². The van der Waals surface area contributed by atoms with E-state index in [4.69, 9.17) is 16.3 Å². The molecule has 138 valence electrons. The molecule has 2 amide bonds. The van der Waals surface area contributed by atoms with Gasteiger partial charge in [0.1, 0.15) is 5.75 Å². The van der Waals surface area contributed by atoms with Crippen molar-refractivity contribution in [2.75, 3.05) is 4.90 Å². The van der Waals surface area contributed by atoms with E-state index in [-0.39, 0.29) is 23.7 Å². The Morgan fingerprint density at radius 2 is 1.44 bits per heavy atom. The van der Waals surface area contributed by atoms with Crippen molar-refractivity contribution in [3.05, 3.63) is 59.1 Å². The molecule has 1 heterocycles. The van der Waals surface area contributed by atoms with Gasteiger partial charge in [-0.25, -0.2) is 4.79 Å². The van der Waals surface area contributed by atoms with Crippen molar-refractivity contribution in [1.82, 2.24) is 0 Å². The van der Waals surface area contributed by atoms with Crippen LogP contribution in [-0.2, 0) is 9.59 Å². The van der Waals surface area contributed by atoms with Gasteiger partial charge in [0, 0.05) is 5.02 Å². The first-order chi connectivity index (χ1) is 13.0. The van der Waals surface area contributed by atoms with E-state index in [9.17, 15) is 14.4 Å². The number of fused-ring (bicyclic) bond motifs is 1. The Morgan fingerprint density at radius 3 is 2.00 bits per heavy atom. The van der Waals surface area contributed by atoms with Crippen LogP contribution in [0, 0.1) is 11.8 Å². The summed E-state index contributed by atoms with van der Waals surface area (Å²) in [6.07, 6.45) is 3.53. The summed E-state index contributed by atoms with van der Waals surface area (Å²) in [5.41, 5.74) is 0.840. The first-order valence-electron chi connectivity index (χ1n) is 9.00. The molecule has 4 rings (SSSR count). The van der Waals surface area contributed by atoms with E-state index >= 15 is 0 Å². The van der Waals surface area contributed by atoms with Gasteiger partial charge in [-0.05, 0) is 61.4 Å². The summed E-state index contributed by atoms with van der Waals surface area (Å²) >= 11 is 5.81. The molecule has 5 nitrogen and oxygen atoms in total. The Kier molecular flexibility index (Phi) is 4.70. The van der Waals surface area contributed by atoms with Crippen LogP contribution in [0.25, 0.3) is 0 Å². The highest BCUT2D eigenvalue weighted by Crippen LogP contribution is 2.40. The van der Waals surface area contributed by atoms with Crippen LogP contribution in [0.2, 0.25) is 5.02 Å². The molecule has 1 saturated heterocycles. The van der Waals surface area contributed by atoms with Gasteiger partial charge >= 0.3 is 5.97 Å². The Labute approximate surface area is 161 Å². The summed E-state index contributed by atoms with van der Waals surface area (Å²) < 4.78 is 5.30. The molecule has 2 aromatic rings. The molecule has 2 aliphatic rings. The maximum Gasteiger partial charge on any atom is 0.343 e. The van der Waals surface area contributed by atoms with Crippen LogP contribution in [-0.4, -0.2) is 17.8 Å². The fourth-order valence-corrected chi connectivity index (χ4v) is 3.96. The molecule has 2 fully saturated rings. The van der Waals surface area contributed by atoms with Crippen molar-refractivity contribution in [3.63, 3.8) is 0 Å². The van der Waals surface area contributed by atoms with Gasteiger partial charge in [-0.2, -0.15) is 0 Å². The van der Waals surface area contributed by atoms with Crippen molar-refractivity contribution < 1.29 is 19.1 Å². The molecule has 1 aliphatic carbocycles. The van der Waals surface area contributed by atoms with Crippen LogP contribution in [0.4, 0.5) is 5.69 Å². The number of imide groups is 1. The lowest BCUT2D eigenvalue weighted by atomic mass is 9.81. The molecular weight excluding hydrogens is 366 g/mol. The van der Waals surface area contributed by atoms with Crippen molar-refractivity contribution in [1.29, 1.82) is 0 Å². The molecular formula is C21H18ClNO4. The van der Waals surface area contributed by atoms with Crippen LogP contribution in [0.15, 0.2) is 48.5 Å². The lowest BCUT2D eigenvalue weighted by molar-refractivity contribution is -0.122. The van der Waals surface area contributed by atoms with Crippen LogP contribution in [0.1, 0.15) is 36.0 Å². The highest BCUT2D eigenvalue weighted by atomic mass is 35.5. The standard InChI is InChI=1S/C21H18ClNO4/c22-14-7-11-16(12-8-14)27-21(26)13-5-9-15(10-6-13)23-19(24)17-3-1-2-4-18(17)20(23)25/h5-12,17-18H,1-4H2/t17-,18+. The first-order valence-corrected chi connectivity index (χ1v) is 9.38. The van der Waals surface area contributed by atoms with Crippen LogP contribution in [0.3, 0.4) is 0 Å². The van der Waals surface area contributed by atoms with Gasteiger partial charge in [-0.1, -0.05) is 24.4 Å². The maximum atomic E-state index is 12.6. The largest absolute Gasteiger partial charge is 0.423 e. The summed E-state index contributed by atoms with van der Waals surface area (Å²) in [6.45, 7) is 0. The molecule has 1 aliphatic heterocycles. The summed E-state index contributed by atoms with van der Waals surface area (Å²) in [5.74, 6) is -0.761. The minimum atomic E-state index is -0.517. The average molecular weight is 384 g/mol. The Morgan fingerprint density at radius 1 is 0.889 bits per heavy atom. The van der Waals surface area contributed by atoms with Gasteiger partial charge in [-0.3, -0.25) is 14.5 Å². The molecule has 0 aromatic heterocycles. The highest BCUT2D eigenvalue weighted by Gasteiger charge is 2.48. The summed E-state index contributed by atoms with van der Waals surface area (Å²) in [4.78, 5) is 38.8. The quantitative estimate of drug-likeness (QED) is 0.452. The van der Waals surface area contributed by atoms with Gasteiger partial charge in [0.15, 0.2) is 0 Å². The number of carbonyl (C=O) groups excluding carboxylic acids is 3. The number of amides is 2. The Hall–Kier alpha value is -2.66. The van der Waals surface area contributed by atoms with Gasteiger partial charge < -0.3 is 4.74 Å². The Balaban J connectivity index is 1.50. The van der Waals surface area contributed by atoms with Gasteiger partial charge in [-0.15, -0.1) is 0 Å². The minimum absolute atomic E-state index is 0.124. The van der Waals surface area contributed by atoms with E-state index in [1.165, 1.54) is 4.90 Å². The van der Waals surface area contributed by atoms with Crippen LogP contribution >= 0.6 is 11.6 Å². The number of hydrogen-bond donors (Lipinski definition) is 0. The smallest absolute Gasteiger partial charge is 0.343 e. The topological polar surface area (TPSA) is 63.7 Å². The zero-order valence-electron chi connectivity index (χ0n) is 14.6. The van der Waals surface area contributed by atoms with E-state index in [0.29, 0.717) is 22.0 Å². The van der Waals surface area contributed by atoms with Crippen molar-refractivity contribution >= 4 is 35.1 Å². The number of hydrogen-bond acceptors (Lipinski definition) is 4. The van der Waals surface area contributed by atoms with E-state index in [0.717, 1.165) is 25.7 Å². The maximum absolute atomic E-state index is 12.6. The first kappa shape index (κ1) is 17.7. The number of nitrogens with zero attached hydrogens (tertiary/aromatic N) is 1. The zero-order valence-corrected chi connectivity index (χ0v) is 15.3. The molecule has 0 bridgehead atoms. The molecule has 1 saturated carbocycles. The van der Waals surface area contributed by atoms with Crippen molar-refractivity contribution in [2.24, 2.45) is 11.8 Å². The number of halogens is 1. The van der Waals surface area contributed by atoms with Crippen LogP contribution < -0.4 is 9.64 Å². The highest BCUT2D eigenvalue weighted by molar-refractivity contribution is 6.30. The summed E-state index contributed by atoms with van der Waals surface area (Å²) in [6, 6.07) is 12.9. The summed E-state index contributed by atoms with van der Waals surface area (Å²) in [7, 11) is 0. The number of carbonyl (C=O) groups is 3. The summed E-state index contributed by atoms with van der Waals surface area (Å²) in [5, 5.41) is 0.555. The number of ether oxygens (including phenoxy) is 1. The lowest BCUT2D eigenvalue weighted by Gasteiger charge is -2.19. The van der Waals surface area contributed by atoms with Gasteiger partial charge in [0.2, 0.25) is 11.8 Å². The normalized spacial score (nSPS) is 21.9. The average Bonchev–Trinajstić information content (AvgIpc) is 2.95. The number of anilines is 1. The van der Waals surface area contributed by atoms with Crippen LogP contribution in [0.5, 0.6) is 5.75 Å². The lowest BCUT2D eigenvalue weighted by Crippen LogP contribution is -2.30. The predicted molar refractivity (Wildman–Crippen MR) is 101 cm³/mol. The third kappa shape index (κ3) is 3.35. The third-order valence-electron chi connectivity index (χ3n) is 5.23. The van der Waals surface area contributed by atoms with E-state index < -0.39 is 5.97 Å². The monoisotopic (exact) mass is 383 g/mol. The molecule has 6 heteroatoms. The predicted octanol–water partition coefficient (Wildman–Crippen LogP) is 4.24. The number of rotatable bonds is 3. The molecule has 2 atom stereocenters. The zero-order chi connectivity index (χ0) is 19.0. The SMILES string of the molecule is O=C(Oc1ccc(Cl)cc1)c1ccc(N2C(=O)[C@H]3CCCC[C@H]3C2=O)cc1. The minimum Gasteiger partial charge on any atom is -0.423 e. The van der Waals surface area contributed by atoms with E-state index in [2.05, 4.69) is 0 Å². The van der Waals surface area contributed by atoms with E-state index in [1.54, 1.807) is 48.5 Å². The second kappa shape index (κ2) is 7.16. The molecule has 0 spiro atoms.